The van der Waals surface area contributed by atoms with Crippen LogP contribution < -0.4 is 0 Å². The van der Waals surface area contributed by atoms with Gasteiger partial charge in [-0.15, -0.1) is 0 Å². The number of sulfone groups is 1. The molecular weight excluding hydrogens is 270 g/mol. The highest BCUT2D eigenvalue weighted by molar-refractivity contribution is 7.91. The van der Waals surface area contributed by atoms with Crippen LogP contribution in [0.3, 0.4) is 0 Å². The van der Waals surface area contributed by atoms with Crippen LogP contribution in [-0.4, -0.2) is 66.2 Å². The topological polar surface area (TPSA) is 94.9 Å². The zero-order valence-electron chi connectivity index (χ0n) is 11.1. The SMILES string of the molecule is CCCC1(C(=O)O)CCN(C2CS(=O)(=O)CC2O)C1. The lowest BCUT2D eigenvalue weighted by Crippen LogP contribution is -2.44. The molecule has 0 saturated carbocycles. The fourth-order valence-electron chi connectivity index (χ4n) is 3.31. The van der Waals surface area contributed by atoms with Crippen LogP contribution in [0.5, 0.6) is 0 Å². The van der Waals surface area contributed by atoms with Crippen LogP contribution in [0, 0.1) is 5.41 Å². The molecule has 0 aliphatic carbocycles. The Kier molecular flexibility index (Phi) is 3.90. The van der Waals surface area contributed by atoms with E-state index in [4.69, 9.17) is 0 Å². The van der Waals surface area contributed by atoms with Gasteiger partial charge in [0.05, 0.1) is 29.1 Å². The van der Waals surface area contributed by atoms with Gasteiger partial charge >= 0.3 is 5.97 Å². The smallest absolute Gasteiger partial charge is 0.310 e. The standard InChI is InChI=1S/C12H21NO5S/c1-2-3-12(11(15)16)4-5-13(8-12)9-6-19(17,18)7-10(9)14/h9-10,14H,2-8H2,1H3,(H,15,16). The summed E-state index contributed by atoms with van der Waals surface area (Å²) in [7, 11) is -3.19. The minimum absolute atomic E-state index is 0.0595. The maximum Gasteiger partial charge on any atom is 0.310 e. The van der Waals surface area contributed by atoms with E-state index in [0.717, 1.165) is 6.42 Å². The Morgan fingerprint density at radius 1 is 1.42 bits per heavy atom. The van der Waals surface area contributed by atoms with Gasteiger partial charge in [0.15, 0.2) is 9.84 Å². The van der Waals surface area contributed by atoms with Crippen LogP contribution in [0.4, 0.5) is 0 Å². The van der Waals surface area contributed by atoms with Gasteiger partial charge in [0.1, 0.15) is 0 Å². The lowest BCUT2D eigenvalue weighted by Gasteiger charge is -2.28. The van der Waals surface area contributed by atoms with Crippen molar-refractivity contribution in [3.63, 3.8) is 0 Å². The molecular formula is C12H21NO5S. The second kappa shape index (κ2) is 5.03. The summed E-state index contributed by atoms with van der Waals surface area (Å²) in [5.74, 6) is -1.08. The number of hydrogen-bond donors (Lipinski definition) is 2. The predicted molar refractivity (Wildman–Crippen MR) is 69.6 cm³/mol. The number of aliphatic hydroxyl groups excluding tert-OH is 1. The number of carboxylic acid groups (broad SMARTS) is 1. The zero-order valence-corrected chi connectivity index (χ0v) is 11.9. The van der Waals surface area contributed by atoms with Gasteiger partial charge in [-0.1, -0.05) is 13.3 Å². The summed E-state index contributed by atoms with van der Waals surface area (Å²) in [6.45, 7) is 2.83. The third kappa shape index (κ3) is 2.78. The van der Waals surface area contributed by atoms with Crippen molar-refractivity contribution in [3.8, 4) is 0 Å². The first-order valence-corrected chi connectivity index (χ1v) is 8.48. The molecule has 0 radical (unpaired) electrons. The van der Waals surface area contributed by atoms with Gasteiger partial charge in [-0.25, -0.2) is 8.42 Å². The molecule has 0 amide bonds. The average molecular weight is 291 g/mol. The molecule has 2 heterocycles. The second-order valence-corrected chi connectivity index (χ2v) is 7.92. The molecule has 3 unspecified atom stereocenters. The molecule has 6 nitrogen and oxygen atoms in total. The monoisotopic (exact) mass is 291 g/mol. The van der Waals surface area contributed by atoms with Crippen LogP contribution >= 0.6 is 0 Å². The lowest BCUT2D eigenvalue weighted by atomic mass is 9.82. The highest BCUT2D eigenvalue weighted by atomic mass is 32.2. The first-order chi connectivity index (χ1) is 8.80. The highest BCUT2D eigenvalue weighted by Gasteiger charge is 2.49. The van der Waals surface area contributed by atoms with Crippen LogP contribution in [-0.2, 0) is 14.6 Å². The first kappa shape index (κ1) is 14.7. The average Bonchev–Trinajstić information content (AvgIpc) is 2.81. The molecule has 2 saturated heterocycles. The van der Waals surface area contributed by atoms with Crippen molar-refractivity contribution in [3.05, 3.63) is 0 Å². The van der Waals surface area contributed by atoms with Crippen molar-refractivity contribution in [1.82, 2.24) is 4.90 Å². The third-order valence-corrected chi connectivity index (χ3v) is 6.03. The minimum atomic E-state index is -3.19. The van der Waals surface area contributed by atoms with Gasteiger partial charge < -0.3 is 10.2 Å². The second-order valence-electron chi connectivity index (χ2n) is 5.77. The number of carboxylic acids is 1. The number of aliphatic carboxylic acids is 1. The van der Waals surface area contributed by atoms with Crippen molar-refractivity contribution in [2.24, 2.45) is 5.41 Å². The highest BCUT2D eigenvalue weighted by Crippen LogP contribution is 2.38. The van der Waals surface area contributed by atoms with Gasteiger partial charge in [0, 0.05) is 6.54 Å². The Morgan fingerprint density at radius 3 is 2.58 bits per heavy atom. The number of rotatable bonds is 4. The Labute approximate surface area is 113 Å². The number of hydrogen-bond acceptors (Lipinski definition) is 5. The van der Waals surface area contributed by atoms with Gasteiger partial charge in [-0.05, 0) is 19.4 Å². The van der Waals surface area contributed by atoms with E-state index < -0.39 is 33.4 Å². The van der Waals surface area contributed by atoms with Crippen LogP contribution in [0.1, 0.15) is 26.2 Å². The van der Waals surface area contributed by atoms with Gasteiger partial charge in [0.2, 0.25) is 0 Å². The normalized spacial score (nSPS) is 38.6. The maximum absolute atomic E-state index is 11.5. The van der Waals surface area contributed by atoms with Crippen LogP contribution in [0.2, 0.25) is 0 Å². The van der Waals surface area contributed by atoms with Crippen molar-refractivity contribution in [2.45, 2.75) is 38.3 Å². The first-order valence-electron chi connectivity index (χ1n) is 6.65. The Bertz CT molecular complexity index is 463. The molecule has 2 N–H and O–H groups in total. The molecule has 110 valence electrons. The van der Waals surface area contributed by atoms with Gasteiger partial charge in [-0.2, -0.15) is 0 Å². The van der Waals surface area contributed by atoms with Crippen LogP contribution in [0.15, 0.2) is 0 Å². The summed E-state index contributed by atoms with van der Waals surface area (Å²) >= 11 is 0. The van der Waals surface area contributed by atoms with E-state index in [-0.39, 0.29) is 11.5 Å². The van der Waals surface area contributed by atoms with E-state index in [1.807, 2.05) is 11.8 Å². The van der Waals surface area contributed by atoms with Gasteiger partial charge in [0.25, 0.3) is 0 Å². The Balaban J connectivity index is 2.11. The minimum Gasteiger partial charge on any atom is -0.481 e. The number of nitrogens with zero attached hydrogens (tertiary/aromatic N) is 1. The van der Waals surface area contributed by atoms with Crippen molar-refractivity contribution in [1.29, 1.82) is 0 Å². The molecule has 0 bridgehead atoms. The summed E-state index contributed by atoms with van der Waals surface area (Å²) in [4.78, 5) is 13.3. The molecule has 7 heteroatoms. The summed E-state index contributed by atoms with van der Waals surface area (Å²) in [6.07, 6.45) is 1.01. The molecule has 0 aromatic carbocycles. The Morgan fingerprint density at radius 2 is 2.11 bits per heavy atom. The zero-order chi connectivity index (χ0) is 14.3. The fourth-order valence-corrected chi connectivity index (χ4v) is 5.14. The van der Waals surface area contributed by atoms with E-state index in [1.165, 1.54) is 0 Å². The number of carbonyl (C=O) groups is 1. The van der Waals surface area contributed by atoms with Crippen molar-refractivity contribution in [2.75, 3.05) is 24.6 Å². The Hall–Kier alpha value is -0.660. The largest absolute Gasteiger partial charge is 0.481 e. The molecule has 0 aromatic rings. The molecule has 2 fully saturated rings. The maximum atomic E-state index is 11.5. The predicted octanol–water partition coefficient (Wildman–Crippen LogP) is -0.279. The molecule has 0 aromatic heterocycles. The molecule has 3 atom stereocenters. The van der Waals surface area contributed by atoms with Crippen LogP contribution in [0.25, 0.3) is 0 Å². The van der Waals surface area contributed by atoms with E-state index in [0.29, 0.717) is 25.9 Å². The summed E-state index contributed by atoms with van der Waals surface area (Å²) in [6, 6.07) is -0.442. The van der Waals surface area contributed by atoms with Gasteiger partial charge in [-0.3, -0.25) is 9.69 Å². The van der Waals surface area contributed by atoms with Crippen molar-refractivity contribution >= 4 is 15.8 Å². The summed E-state index contributed by atoms with van der Waals surface area (Å²) in [5.41, 5.74) is -0.777. The fraction of sp³-hybridized carbons (Fsp3) is 0.917. The van der Waals surface area contributed by atoms with E-state index in [1.54, 1.807) is 0 Å². The summed E-state index contributed by atoms with van der Waals surface area (Å²) in [5, 5.41) is 19.3. The summed E-state index contributed by atoms with van der Waals surface area (Å²) < 4.78 is 23.1. The quantitative estimate of drug-likeness (QED) is 0.740. The number of aliphatic hydroxyl groups is 1. The number of likely N-dealkylation sites (tertiary alicyclic amines) is 1. The molecule has 0 spiro atoms. The molecule has 2 rings (SSSR count). The molecule has 2 aliphatic heterocycles. The third-order valence-electron chi connectivity index (χ3n) is 4.33. The van der Waals surface area contributed by atoms with E-state index in [9.17, 15) is 23.4 Å². The molecule has 2 aliphatic rings. The lowest BCUT2D eigenvalue weighted by molar-refractivity contribution is -0.148. The van der Waals surface area contributed by atoms with Crippen molar-refractivity contribution < 1.29 is 23.4 Å². The molecule has 19 heavy (non-hydrogen) atoms. The van der Waals surface area contributed by atoms with E-state index >= 15 is 0 Å². The van der Waals surface area contributed by atoms with E-state index in [2.05, 4.69) is 0 Å².